The number of hydrogen-bond acceptors (Lipinski definition) is 3. The van der Waals surface area contributed by atoms with Crippen LogP contribution in [0.4, 0.5) is 0 Å². The quantitative estimate of drug-likeness (QED) is 0.901. The van der Waals surface area contributed by atoms with E-state index in [0.29, 0.717) is 5.92 Å². The molecule has 1 aliphatic rings. The zero-order valence-corrected chi connectivity index (χ0v) is 10.8. The van der Waals surface area contributed by atoms with Gasteiger partial charge in [0, 0.05) is 16.5 Å². The van der Waals surface area contributed by atoms with Crippen molar-refractivity contribution in [1.82, 2.24) is 10.5 Å². The summed E-state index contributed by atoms with van der Waals surface area (Å²) in [4.78, 5) is 0. The first kappa shape index (κ1) is 11.8. The molecule has 94 valence electrons. The molecule has 0 saturated carbocycles. The van der Waals surface area contributed by atoms with Gasteiger partial charge in [0.2, 0.25) is 0 Å². The van der Waals surface area contributed by atoms with Gasteiger partial charge in [-0.15, -0.1) is 0 Å². The van der Waals surface area contributed by atoms with Gasteiger partial charge < -0.3 is 9.84 Å². The molecule has 0 unspecified atom stereocenters. The Kier molecular flexibility index (Phi) is 3.35. The molecule has 3 nitrogen and oxygen atoms in total. The Labute approximate surface area is 111 Å². The second kappa shape index (κ2) is 5.12. The third kappa shape index (κ3) is 2.28. The van der Waals surface area contributed by atoms with Crippen LogP contribution >= 0.6 is 11.6 Å². The zero-order valence-electron chi connectivity index (χ0n) is 10.0. The smallest absolute Gasteiger partial charge is 0.147 e. The van der Waals surface area contributed by atoms with Gasteiger partial charge in [-0.05, 0) is 43.6 Å². The average Bonchev–Trinajstić information content (AvgIpc) is 2.90. The Morgan fingerprint density at radius 3 is 2.61 bits per heavy atom. The summed E-state index contributed by atoms with van der Waals surface area (Å²) in [6.07, 6.45) is 4.02. The summed E-state index contributed by atoms with van der Waals surface area (Å²) in [7, 11) is 0. The maximum Gasteiger partial charge on any atom is 0.147 e. The molecule has 0 radical (unpaired) electrons. The molecule has 1 aromatic heterocycles. The third-order valence-corrected chi connectivity index (χ3v) is 3.72. The summed E-state index contributed by atoms with van der Waals surface area (Å²) >= 11 is 5.91. The van der Waals surface area contributed by atoms with Gasteiger partial charge in [-0.1, -0.05) is 28.9 Å². The molecule has 1 aliphatic heterocycles. The van der Waals surface area contributed by atoms with Gasteiger partial charge in [0.15, 0.2) is 0 Å². The van der Waals surface area contributed by atoms with Crippen LogP contribution in [-0.4, -0.2) is 18.2 Å². The monoisotopic (exact) mass is 262 g/mol. The topological polar surface area (TPSA) is 38.1 Å². The molecule has 4 heteroatoms. The van der Waals surface area contributed by atoms with Gasteiger partial charge in [0.1, 0.15) is 5.76 Å². The Morgan fingerprint density at radius 1 is 1.17 bits per heavy atom. The Morgan fingerprint density at radius 2 is 1.89 bits per heavy atom. The van der Waals surface area contributed by atoms with Crippen molar-refractivity contribution in [2.75, 3.05) is 13.1 Å². The molecule has 0 atom stereocenters. The molecular formula is C14H15ClN2O. The third-order valence-electron chi connectivity index (χ3n) is 3.46. The van der Waals surface area contributed by atoms with E-state index in [2.05, 4.69) is 10.5 Å². The van der Waals surface area contributed by atoms with Crippen molar-refractivity contribution in [3.05, 3.63) is 41.2 Å². The maximum absolute atomic E-state index is 5.91. The van der Waals surface area contributed by atoms with E-state index in [4.69, 9.17) is 16.1 Å². The highest BCUT2D eigenvalue weighted by atomic mass is 35.5. The van der Waals surface area contributed by atoms with Crippen LogP contribution in [0, 0.1) is 0 Å². The molecule has 0 bridgehead atoms. The van der Waals surface area contributed by atoms with Gasteiger partial charge >= 0.3 is 0 Å². The molecule has 2 heterocycles. The van der Waals surface area contributed by atoms with Crippen LogP contribution in [0.3, 0.4) is 0 Å². The number of piperidine rings is 1. The van der Waals surface area contributed by atoms with Crippen LogP contribution in [0.15, 0.2) is 35.0 Å². The fourth-order valence-corrected chi connectivity index (χ4v) is 2.60. The number of benzene rings is 1. The first-order valence-corrected chi connectivity index (χ1v) is 6.63. The second-order valence-corrected chi connectivity index (χ2v) is 5.07. The highest BCUT2D eigenvalue weighted by Gasteiger charge is 2.22. The number of hydrogen-bond donors (Lipinski definition) is 1. The van der Waals surface area contributed by atoms with Crippen LogP contribution in [0.2, 0.25) is 5.02 Å². The lowest BCUT2D eigenvalue weighted by molar-refractivity contribution is 0.328. The minimum Gasteiger partial charge on any atom is -0.360 e. The minimum absolute atomic E-state index is 0.472. The van der Waals surface area contributed by atoms with E-state index in [9.17, 15) is 0 Å². The fraction of sp³-hybridized carbons (Fsp3) is 0.357. The summed E-state index contributed by atoms with van der Waals surface area (Å²) in [6, 6.07) is 7.82. The van der Waals surface area contributed by atoms with Crippen LogP contribution in [0.1, 0.15) is 24.5 Å². The number of halogens is 1. The lowest BCUT2D eigenvalue weighted by atomic mass is 9.91. The van der Waals surface area contributed by atoms with Crippen LogP contribution < -0.4 is 5.32 Å². The average molecular weight is 263 g/mol. The summed E-state index contributed by atoms with van der Waals surface area (Å²) < 4.78 is 5.48. The molecular weight excluding hydrogens is 248 g/mol. The molecule has 0 aliphatic carbocycles. The molecule has 1 saturated heterocycles. The maximum atomic E-state index is 5.91. The predicted molar refractivity (Wildman–Crippen MR) is 71.8 cm³/mol. The van der Waals surface area contributed by atoms with Crippen LogP contribution in [-0.2, 0) is 0 Å². The zero-order chi connectivity index (χ0) is 12.4. The number of nitrogens with one attached hydrogen (secondary N) is 1. The van der Waals surface area contributed by atoms with E-state index < -0.39 is 0 Å². The van der Waals surface area contributed by atoms with Crippen LogP contribution in [0.5, 0.6) is 0 Å². The molecule has 18 heavy (non-hydrogen) atoms. The van der Waals surface area contributed by atoms with E-state index in [1.807, 2.05) is 24.3 Å². The molecule has 2 aromatic rings. The highest BCUT2D eigenvalue weighted by molar-refractivity contribution is 6.30. The molecule has 1 aromatic carbocycles. The summed E-state index contributed by atoms with van der Waals surface area (Å²) in [5, 5.41) is 8.08. The van der Waals surface area contributed by atoms with Gasteiger partial charge in [0.25, 0.3) is 0 Å². The number of aromatic nitrogens is 1. The Balaban J connectivity index is 1.93. The molecule has 1 N–H and O–H groups in total. The van der Waals surface area contributed by atoms with Gasteiger partial charge in [0.05, 0.1) is 6.20 Å². The minimum atomic E-state index is 0.472. The Bertz CT molecular complexity index is 515. The van der Waals surface area contributed by atoms with Crippen molar-refractivity contribution < 1.29 is 4.52 Å². The van der Waals surface area contributed by atoms with Gasteiger partial charge in [-0.2, -0.15) is 0 Å². The van der Waals surface area contributed by atoms with E-state index in [0.717, 1.165) is 47.8 Å². The molecule has 3 rings (SSSR count). The normalized spacial score (nSPS) is 16.9. The van der Waals surface area contributed by atoms with Crippen LogP contribution in [0.25, 0.3) is 11.1 Å². The molecule has 1 fully saturated rings. The first-order chi connectivity index (χ1) is 8.84. The van der Waals surface area contributed by atoms with Crippen molar-refractivity contribution in [3.63, 3.8) is 0 Å². The molecule has 0 spiro atoms. The van der Waals surface area contributed by atoms with Gasteiger partial charge in [-0.3, -0.25) is 0 Å². The lowest BCUT2D eigenvalue weighted by Gasteiger charge is -2.21. The van der Waals surface area contributed by atoms with E-state index in [1.54, 1.807) is 6.20 Å². The Hall–Kier alpha value is -1.32. The summed E-state index contributed by atoms with van der Waals surface area (Å²) in [6.45, 7) is 2.09. The van der Waals surface area contributed by atoms with Crippen molar-refractivity contribution in [3.8, 4) is 11.1 Å². The van der Waals surface area contributed by atoms with Crippen molar-refractivity contribution in [1.29, 1.82) is 0 Å². The largest absolute Gasteiger partial charge is 0.360 e. The van der Waals surface area contributed by atoms with Crippen molar-refractivity contribution in [2.45, 2.75) is 18.8 Å². The standard InChI is InChI=1S/C14H15ClN2O/c15-12-3-1-10(2-4-12)13-9-17-18-14(13)11-5-7-16-8-6-11/h1-4,9,11,16H,5-8H2. The molecule has 0 amide bonds. The lowest BCUT2D eigenvalue weighted by Crippen LogP contribution is -2.26. The van der Waals surface area contributed by atoms with Gasteiger partial charge in [-0.25, -0.2) is 0 Å². The van der Waals surface area contributed by atoms with E-state index in [-0.39, 0.29) is 0 Å². The van der Waals surface area contributed by atoms with Crippen molar-refractivity contribution in [2.24, 2.45) is 0 Å². The van der Waals surface area contributed by atoms with E-state index in [1.165, 1.54) is 0 Å². The number of rotatable bonds is 2. The fourth-order valence-electron chi connectivity index (χ4n) is 2.47. The summed E-state index contributed by atoms with van der Waals surface area (Å²) in [5.74, 6) is 1.48. The SMILES string of the molecule is Clc1ccc(-c2cnoc2C2CCNCC2)cc1. The first-order valence-electron chi connectivity index (χ1n) is 6.26. The van der Waals surface area contributed by atoms with E-state index >= 15 is 0 Å². The second-order valence-electron chi connectivity index (χ2n) is 4.63. The predicted octanol–water partition coefficient (Wildman–Crippen LogP) is 3.46. The highest BCUT2D eigenvalue weighted by Crippen LogP contribution is 2.34. The van der Waals surface area contributed by atoms with Crippen molar-refractivity contribution >= 4 is 11.6 Å². The number of nitrogens with zero attached hydrogens (tertiary/aromatic N) is 1. The summed E-state index contributed by atoms with van der Waals surface area (Å²) in [5.41, 5.74) is 2.22.